The average Bonchev–Trinajstić information content (AvgIpc) is 2.79. The standard InChI is InChI=1S/C9H12N4O5S/c14-6(15)3-1-2-5(7(16)17)11-8(18)12-9-13-10-4-19-9/h4-5H,1-3H2,(H,14,15)(H,16,17)(H2,11,12,13,18)/t5-/m1/s1. The largest absolute Gasteiger partial charge is 0.481 e. The van der Waals surface area contributed by atoms with Crippen molar-refractivity contribution in [1.29, 1.82) is 0 Å². The van der Waals surface area contributed by atoms with E-state index < -0.39 is 24.0 Å². The SMILES string of the molecule is O=C(O)CCC[C@@H](NC(=O)Nc1nncs1)C(=O)O. The molecule has 0 unspecified atom stereocenters. The van der Waals surface area contributed by atoms with Crippen LogP contribution in [0.5, 0.6) is 0 Å². The second-order valence-corrected chi connectivity index (χ2v) is 4.35. The Hall–Kier alpha value is -2.23. The zero-order chi connectivity index (χ0) is 14.3. The zero-order valence-electron chi connectivity index (χ0n) is 9.70. The molecule has 0 aliphatic heterocycles. The molecule has 0 aliphatic rings. The van der Waals surface area contributed by atoms with Gasteiger partial charge in [0.1, 0.15) is 11.6 Å². The Labute approximate surface area is 111 Å². The summed E-state index contributed by atoms with van der Waals surface area (Å²) in [7, 11) is 0. The fraction of sp³-hybridized carbons (Fsp3) is 0.444. The van der Waals surface area contributed by atoms with Crippen LogP contribution in [0.15, 0.2) is 5.51 Å². The van der Waals surface area contributed by atoms with Gasteiger partial charge in [-0.25, -0.2) is 9.59 Å². The molecule has 1 heterocycles. The molecule has 1 aromatic heterocycles. The fourth-order valence-electron chi connectivity index (χ4n) is 1.23. The van der Waals surface area contributed by atoms with Crippen LogP contribution in [-0.4, -0.2) is 44.4 Å². The summed E-state index contributed by atoms with van der Waals surface area (Å²) in [5.74, 6) is -2.24. The van der Waals surface area contributed by atoms with Crippen molar-refractivity contribution in [2.45, 2.75) is 25.3 Å². The lowest BCUT2D eigenvalue weighted by atomic mass is 10.1. The number of urea groups is 1. The predicted molar refractivity (Wildman–Crippen MR) is 65.0 cm³/mol. The number of carbonyl (C=O) groups excluding carboxylic acids is 1. The van der Waals surface area contributed by atoms with Crippen molar-refractivity contribution in [3.8, 4) is 0 Å². The van der Waals surface area contributed by atoms with E-state index in [1.54, 1.807) is 0 Å². The number of amides is 2. The van der Waals surface area contributed by atoms with Crippen LogP contribution in [0.1, 0.15) is 19.3 Å². The molecule has 104 valence electrons. The summed E-state index contributed by atoms with van der Waals surface area (Å²) in [6, 6.07) is -1.87. The minimum atomic E-state index is -1.22. The van der Waals surface area contributed by atoms with Gasteiger partial charge >= 0.3 is 18.0 Å². The van der Waals surface area contributed by atoms with Gasteiger partial charge in [0.05, 0.1) is 0 Å². The number of hydrogen-bond donors (Lipinski definition) is 4. The Bertz CT molecular complexity index is 449. The molecule has 1 aromatic rings. The molecule has 2 amide bonds. The number of anilines is 1. The van der Waals surface area contributed by atoms with Gasteiger partial charge in [0.2, 0.25) is 5.13 Å². The van der Waals surface area contributed by atoms with Crippen LogP contribution in [0.2, 0.25) is 0 Å². The molecule has 9 nitrogen and oxygen atoms in total. The molecule has 0 fully saturated rings. The summed E-state index contributed by atoms with van der Waals surface area (Å²) in [4.78, 5) is 32.7. The maximum atomic E-state index is 11.5. The lowest BCUT2D eigenvalue weighted by Gasteiger charge is -2.13. The first-order chi connectivity index (χ1) is 8.99. The number of carboxylic acids is 2. The van der Waals surface area contributed by atoms with Crippen molar-refractivity contribution in [2.24, 2.45) is 0 Å². The van der Waals surface area contributed by atoms with Gasteiger partial charge in [0, 0.05) is 6.42 Å². The molecular formula is C9H12N4O5S. The fourth-order valence-corrected chi connectivity index (χ4v) is 1.67. The Kier molecular flexibility index (Phi) is 5.67. The van der Waals surface area contributed by atoms with E-state index in [-0.39, 0.29) is 24.4 Å². The molecule has 1 rings (SSSR count). The van der Waals surface area contributed by atoms with E-state index in [4.69, 9.17) is 10.2 Å². The summed E-state index contributed by atoms with van der Waals surface area (Å²) >= 11 is 1.09. The van der Waals surface area contributed by atoms with E-state index in [9.17, 15) is 14.4 Å². The molecule has 0 saturated heterocycles. The maximum Gasteiger partial charge on any atom is 0.326 e. The van der Waals surface area contributed by atoms with Crippen LogP contribution in [0.25, 0.3) is 0 Å². The Balaban J connectivity index is 2.42. The zero-order valence-corrected chi connectivity index (χ0v) is 10.5. The van der Waals surface area contributed by atoms with Crippen LogP contribution in [-0.2, 0) is 9.59 Å². The quantitative estimate of drug-likeness (QED) is 0.567. The topological polar surface area (TPSA) is 142 Å². The van der Waals surface area contributed by atoms with Gasteiger partial charge in [-0.15, -0.1) is 10.2 Å². The number of nitrogens with one attached hydrogen (secondary N) is 2. The number of aliphatic carboxylic acids is 2. The second kappa shape index (κ2) is 7.26. The summed E-state index contributed by atoms with van der Waals surface area (Å²) in [5, 5.41) is 29.2. The monoisotopic (exact) mass is 288 g/mol. The summed E-state index contributed by atoms with van der Waals surface area (Å²) < 4.78 is 0. The highest BCUT2D eigenvalue weighted by atomic mass is 32.1. The van der Waals surface area contributed by atoms with Crippen molar-refractivity contribution in [1.82, 2.24) is 15.5 Å². The highest BCUT2D eigenvalue weighted by Gasteiger charge is 2.20. The molecule has 1 atom stereocenters. The van der Waals surface area contributed by atoms with Crippen LogP contribution in [0.3, 0.4) is 0 Å². The number of carboxylic acid groups (broad SMARTS) is 2. The van der Waals surface area contributed by atoms with E-state index in [2.05, 4.69) is 20.8 Å². The van der Waals surface area contributed by atoms with Gasteiger partial charge in [-0.1, -0.05) is 11.3 Å². The van der Waals surface area contributed by atoms with Gasteiger partial charge in [0.15, 0.2) is 0 Å². The molecular weight excluding hydrogens is 276 g/mol. The number of nitrogens with zero attached hydrogens (tertiary/aromatic N) is 2. The molecule has 0 aliphatic carbocycles. The molecule has 0 saturated carbocycles. The first-order valence-electron chi connectivity index (χ1n) is 5.27. The maximum absolute atomic E-state index is 11.5. The minimum Gasteiger partial charge on any atom is -0.481 e. The van der Waals surface area contributed by atoms with Crippen LogP contribution in [0.4, 0.5) is 9.93 Å². The first-order valence-corrected chi connectivity index (χ1v) is 6.15. The smallest absolute Gasteiger partial charge is 0.326 e. The molecule has 4 N–H and O–H groups in total. The minimum absolute atomic E-state index is 0.0329. The van der Waals surface area contributed by atoms with E-state index in [1.165, 1.54) is 5.51 Å². The third-order valence-electron chi connectivity index (χ3n) is 2.07. The van der Waals surface area contributed by atoms with Crippen molar-refractivity contribution in [3.63, 3.8) is 0 Å². The van der Waals surface area contributed by atoms with Gasteiger partial charge < -0.3 is 15.5 Å². The molecule has 19 heavy (non-hydrogen) atoms. The highest BCUT2D eigenvalue weighted by Crippen LogP contribution is 2.08. The van der Waals surface area contributed by atoms with Crippen molar-refractivity contribution in [2.75, 3.05) is 5.32 Å². The number of carbonyl (C=O) groups is 3. The number of aromatic nitrogens is 2. The Morgan fingerprint density at radius 2 is 2.11 bits per heavy atom. The second-order valence-electron chi connectivity index (χ2n) is 3.52. The van der Waals surface area contributed by atoms with Gasteiger partial charge in [-0.05, 0) is 12.8 Å². The molecule has 10 heteroatoms. The predicted octanol–water partition coefficient (Wildman–Crippen LogP) is 0.368. The van der Waals surface area contributed by atoms with Crippen molar-refractivity contribution >= 4 is 34.4 Å². The van der Waals surface area contributed by atoms with Crippen molar-refractivity contribution in [3.05, 3.63) is 5.51 Å². The lowest BCUT2D eigenvalue weighted by Crippen LogP contribution is -2.43. The van der Waals surface area contributed by atoms with E-state index in [1.807, 2.05) is 0 Å². The molecule has 0 radical (unpaired) electrons. The normalized spacial score (nSPS) is 11.6. The number of rotatable bonds is 7. The van der Waals surface area contributed by atoms with E-state index in [0.29, 0.717) is 0 Å². The molecule has 0 aromatic carbocycles. The average molecular weight is 288 g/mol. The summed E-state index contributed by atoms with van der Waals surface area (Å²) in [6.07, 6.45) is 0.0417. The lowest BCUT2D eigenvalue weighted by molar-refractivity contribution is -0.140. The third-order valence-corrected chi connectivity index (χ3v) is 2.67. The Morgan fingerprint density at radius 3 is 2.63 bits per heavy atom. The summed E-state index contributed by atoms with van der Waals surface area (Å²) in [6.45, 7) is 0. The van der Waals surface area contributed by atoms with Crippen molar-refractivity contribution < 1.29 is 24.6 Å². The highest BCUT2D eigenvalue weighted by molar-refractivity contribution is 7.13. The number of hydrogen-bond acceptors (Lipinski definition) is 6. The van der Waals surface area contributed by atoms with Crippen LogP contribution < -0.4 is 10.6 Å². The van der Waals surface area contributed by atoms with Gasteiger partial charge in [0.25, 0.3) is 0 Å². The van der Waals surface area contributed by atoms with Crippen LogP contribution in [0, 0.1) is 0 Å². The third kappa shape index (κ3) is 5.77. The van der Waals surface area contributed by atoms with E-state index in [0.717, 1.165) is 11.3 Å². The summed E-state index contributed by atoms with van der Waals surface area (Å²) in [5.41, 5.74) is 1.41. The van der Waals surface area contributed by atoms with Gasteiger partial charge in [-0.2, -0.15) is 0 Å². The Morgan fingerprint density at radius 1 is 1.37 bits per heavy atom. The molecule has 0 spiro atoms. The first kappa shape index (κ1) is 14.8. The van der Waals surface area contributed by atoms with Crippen LogP contribution >= 0.6 is 11.3 Å². The van der Waals surface area contributed by atoms with Gasteiger partial charge in [-0.3, -0.25) is 10.1 Å². The molecule has 0 bridgehead atoms. The van der Waals surface area contributed by atoms with E-state index >= 15 is 0 Å².